The molecule has 17 heavy (non-hydrogen) atoms. The van der Waals surface area contributed by atoms with Gasteiger partial charge in [-0.25, -0.2) is 0 Å². The van der Waals surface area contributed by atoms with Gasteiger partial charge in [0.05, 0.1) is 17.7 Å². The molecule has 0 atom stereocenters. The minimum atomic E-state index is 0.0429. The Morgan fingerprint density at radius 1 is 1.24 bits per heavy atom. The summed E-state index contributed by atoms with van der Waals surface area (Å²) in [6, 6.07) is 5.77. The zero-order chi connectivity index (χ0) is 12.1. The molecule has 1 aromatic carbocycles. The van der Waals surface area contributed by atoms with Gasteiger partial charge in [-0.1, -0.05) is 31.4 Å². The SMILES string of the molecule is OCc1cccc(OCC2CCCCC2)c1Br. The van der Waals surface area contributed by atoms with Crippen LogP contribution in [0.1, 0.15) is 37.7 Å². The van der Waals surface area contributed by atoms with Crippen molar-refractivity contribution in [2.75, 3.05) is 6.61 Å². The topological polar surface area (TPSA) is 29.5 Å². The summed E-state index contributed by atoms with van der Waals surface area (Å²) in [7, 11) is 0. The number of aliphatic hydroxyl groups excluding tert-OH is 1. The summed E-state index contributed by atoms with van der Waals surface area (Å²) in [4.78, 5) is 0. The molecule has 1 aromatic rings. The fourth-order valence-corrected chi connectivity index (χ4v) is 2.86. The van der Waals surface area contributed by atoms with Crippen LogP contribution in [0, 0.1) is 5.92 Å². The van der Waals surface area contributed by atoms with Crippen molar-refractivity contribution >= 4 is 15.9 Å². The lowest BCUT2D eigenvalue weighted by Gasteiger charge is -2.22. The summed E-state index contributed by atoms with van der Waals surface area (Å²) in [5.74, 6) is 1.55. The van der Waals surface area contributed by atoms with Gasteiger partial charge in [0.2, 0.25) is 0 Å². The molecule has 1 N–H and O–H groups in total. The highest BCUT2D eigenvalue weighted by atomic mass is 79.9. The average molecular weight is 299 g/mol. The molecule has 0 unspecified atom stereocenters. The fourth-order valence-electron chi connectivity index (χ4n) is 2.35. The Labute approximate surface area is 111 Å². The lowest BCUT2D eigenvalue weighted by molar-refractivity contribution is 0.207. The highest BCUT2D eigenvalue weighted by molar-refractivity contribution is 9.10. The van der Waals surface area contributed by atoms with Crippen LogP contribution >= 0.6 is 15.9 Å². The molecule has 1 saturated carbocycles. The van der Waals surface area contributed by atoms with Crippen LogP contribution in [0.5, 0.6) is 5.75 Å². The molecule has 0 bridgehead atoms. The van der Waals surface area contributed by atoms with E-state index in [1.807, 2.05) is 18.2 Å². The molecular formula is C14H19BrO2. The Bertz CT molecular complexity index is 359. The van der Waals surface area contributed by atoms with Crippen LogP contribution in [-0.2, 0) is 6.61 Å². The summed E-state index contributed by atoms with van der Waals surface area (Å²) in [5.41, 5.74) is 0.881. The largest absolute Gasteiger partial charge is 0.492 e. The van der Waals surface area contributed by atoms with E-state index in [2.05, 4.69) is 15.9 Å². The number of hydrogen-bond donors (Lipinski definition) is 1. The normalized spacial score (nSPS) is 17.1. The molecular weight excluding hydrogens is 280 g/mol. The summed E-state index contributed by atoms with van der Waals surface area (Å²) in [6.07, 6.45) is 6.63. The van der Waals surface area contributed by atoms with Gasteiger partial charge in [0.1, 0.15) is 5.75 Å². The summed E-state index contributed by atoms with van der Waals surface area (Å²) >= 11 is 3.48. The number of aliphatic hydroxyl groups is 1. The highest BCUT2D eigenvalue weighted by Gasteiger charge is 2.15. The molecule has 2 rings (SSSR count). The first kappa shape index (κ1) is 12.9. The second-order valence-electron chi connectivity index (χ2n) is 4.70. The lowest BCUT2D eigenvalue weighted by Crippen LogP contribution is -2.15. The highest BCUT2D eigenvalue weighted by Crippen LogP contribution is 2.30. The molecule has 3 heteroatoms. The number of benzene rings is 1. The number of halogens is 1. The van der Waals surface area contributed by atoms with Crippen LogP contribution in [0.15, 0.2) is 22.7 Å². The Morgan fingerprint density at radius 2 is 2.00 bits per heavy atom. The second-order valence-corrected chi connectivity index (χ2v) is 5.50. The molecule has 0 heterocycles. The first-order valence-electron chi connectivity index (χ1n) is 6.32. The van der Waals surface area contributed by atoms with Gasteiger partial charge in [-0.2, -0.15) is 0 Å². The Kier molecular flexibility index (Phi) is 4.86. The molecule has 1 fully saturated rings. The fraction of sp³-hybridized carbons (Fsp3) is 0.571. The summed E-state index contributed by atoms with van der Waals surface area (Å²) < 4.78 is 6.75. The quantitative estimate of drug-likeness (QED) is 0.913. The summed E-state index contributed by atoms with van der Waals surface area (Å²) in [6.45, 7) is 0.842. The molecule has 1 aliphatic rings. The van der Waals surface area contributed by atoms with Crippen molar-refractivity contribution in [3.63, 3.8) is 0 Å². The van der Waals surface area contributed by atoms with Gasteiger partial charge in [-0.15, -0.1) is 0 Å². The van der Waals surface area contributed by atoms with Crippen LogP contribution in [0.2, 0.25) is 0 Å². The Balaban J connectivity index is 1.93. The third-order valence-corrected chi connectivity index (χ3v) is 4.31. The van der Waals surface area contributed by atoms with Crippen LogP contribution in [0.4, 0.5) is 0 Å². The Morgan fingerprint density at radius 3 is 2.71 bits per heavy atom. The van der Waals surface area contributed by atoms with E-state index in [1.54, 1.807) is 0 Å². The number of rotatable bonds is 4. The van der Waals surface area contributed by atoms with Crippen molar-refractivity contribution in [3.05, 3.63) is 28.2 Å². The van der Waals surface area contributed by atoms with Gasteiger partial charge in [-0.05, 0) is 46.3 Å². The van der Waals surface area contributed by atoms with Crippen molar-refractivity contribution < 1.29 is 9.84 Å². The maximum Gasteiger partial charge on any atom is 0.133 e. The predicted molar refractivity (Wildman–Crippen MR) is 72.1 cm³/mol. The molecule has 0 saturated heterocycles. The zero-order valence-corrected chi connectivity index (χ0v) is 11.6. The monoisotopic (exact) mass is 298 g/mol. The van der Waals surface area contributed by atoms with Crippen molar-refractivity contribution in [2.45, 2.75) is 38.7 Å². The van der Waals surface area contributed by atoms with Crippen molar-refractivity contribution in [2.24, 2.45) is 5.92 Å². The zero-order valence-electron chi connectivity index (χ0n) is 9.99. The van der Waals surface area contributed by atoms with Gasteiger partial charge in [0, 0.05) is 0 Å². The molecule has 94 valence electrons. The van der Waals surface area contributed by atoms with E-state index < -0.39 is 0 Å². The average Bonchev–Trinajstić information content (AvgIpc) is 2.39. The standard InChI is InChI=1S/C14H19BrO2/c15-14-12(9-16)7-4-8-13(14)17-10-11-5-2-1-3-6-11/h4,7-8,11,16H,1-3,5-6,9-10H2. The predicted octanol–water partition coefficient (Wildman–Crippen LogP) is 3.90. The maximum absolute atomic E-state index is 9.17. The molecule has 1 aliphatic carbocycles. The first-order valence-corrected chi connectivity index (χ1v) is 7.11. The van der Waals surface area contributed by atoms with E-state index >= 15 is 0 Å². The molecule has 0 aromatic heterocycles. The van der Waals surface area contributed by atoms with E-state index in [0.717, 1.165) is 22.4 Å². The van der Waals surface area contributed by atoms with Gasteiger partial charge in [0.15, 0.2) is 0 Å². The third-order valence-electron chi connectivity index (χ3n) is 3.41. The van der Waals surface area contributed by atoms with Gasteiger partial charge < -0.3 is 9.84 Å². The van der Waals surface area contributed by atoms with E-state index in [4.69, 9.17) is 4.74 Å². The lowest BCUT2D eigenvalue weighted by atomic mass is 9.90. The van der Waals surface area contributed by atoms with E-state index in [-0.39, 0.29) is 6.61 Å². The van der Waals surface area contributed by atoms with Gasteiger partial charge >= 0.3 is 0 Å². The third kappa shape index (κ3) is 3.46. The van der Waals surface area contributed by atoms with E-state index in [1.165, 1.54) is 32.1 Å². The minimum absolute atomic E-state index is 0.0429. The van der Waals surface area contributed by atoms with Crippen molar-refractivity contribution in [1.29, 1.82) is 0 Å². The molecule has 0 aliphatic heterocycles. The van der Waals surface area contributed by atoms with Crippen LogP contribution in [0.25, 0.3) is 0 Å². The molecule has 0 amide bonds. The number of hydrogen-bond acceptors (Lipinski definition) is 2. The van der Waals surface area contributed by atoms with Crippen LogP contribution in [0.3, 0.4) is 0 Å². The molecule has 0 radical (unpaired) electrons. The van der Waals surface area contributed by atoms with E-state index in [0.29, 0.717) is 5.92 Å². The molecule has 2 nitrogen and oxygen atoms in total. The van der Waals surface area contributed by atoms with Crippen molar-refractivity contribution in [1.82, 2.24) is 0 Å². The smallest absolute Gasteiger partial charge is 0.133 e. The minimum Gasteiger partial charge on any atom is -0.492 e. The molecule has 0 spiro atoms. The van der Waals surface area contributed by atoms with E-state index in [9.17, 15) is 5.11 Å². The number of ether oxygens (including phenoxy) is 1. The van der Waals surface area contributed by atoms with Crippen LogP contribution in [-0.4, -0.2) is 11.7 Å². The first-order chi connectivity index (χ1) is 8.31. The van der Waals surface area contributed by atoms with Crippen molar-refractivity contribution in [3.8, 4) is 5.75 Å². The second kappa shape index (κ2) is 6.41. The Hall–Kier alpha value is -0.540. The van der Waals surface area contributed by atoms with Crippen LogP contribution < -0.4 is 4.74 Å². The van der Waals surface area contributed by atoms with Gasteiger partial charge in [0.25, 0.3) is 0 Å². The maximum atomic E-state index is 9.17. The summed E-state index contributed by atoms with van der Waals surface area (Å²) in [5, 5.41) is 9.17. The van der Waals surface area contributed by atoms with Gasteiger partial charge in [-0.3, -0.25) is 0 Å².